The molecule has 0 aliphatic carbocycles. The van der Waals surface area contributed by atoms with Crippen LogP contribution in [0.2, 0.25) is 0 Å². The molecule has 3 saturated heterocycles. The van der Waals surface area contributed by atoms with Gasteiger partial charge in [0.25, 0.3) is 10.1 Å². The number of imidazole rings is 2. The van der Waals surface area contributed by atoms with Crippen molar-refractivity contribution in [3.8, 4) is 5.75 Å². The van der Waals surface area contributed by atoms with Crippen LogP contribution in [0.25, 0.3) is 22.3 Å². The number of nitrogen functional groups attached to an aromatic ring is 2. The van der Waals surface area contributed by atoms with Gasteiger partial charge in [-0.05, 0) is 30.2 Å². The fourth-order valence-corrected chi connectivity index (χ4v) is 8.72. The van der Waals surface area contributed by atoms with Gasteiger partial charge in [-0.3, -0.25) is 22.4 Å². The number of hydrogen-bond acceptors (Lipinski definition) is 17. The maximum absolute atomic E-state index is 16.2. The maximum atomic E-state index is 16.2. The number of fused-ring (bicyclic) bond motifs is 4. The van der Waals surface area contributed by atoms with Crippen LogP contribution in [0.3, 0.4) is 0 Å². The molecule has 1 unspecified atom stereocenters. The van der Waals surface area contributed by atoms with E-state index in [0.717, 1.165) is 6.33 Å². The van der Waals surface area contributed by atoms with E-state index in [-0.39, 0.29) is 23.6 Å². The Kier molecular flexibility index (Phi) is 9.28. The first kappa shape index (κ1) is 35.6. The normalized spacial score (nSPS) is 31.8. The molecular weight excluding hydrogens is 744 g/mol. The van der Waals surface area contributed by atoms with Crippen molar-refractivity contribution in [1.82, 2.24) is 34.1 Å². The van der Waals surface area contributed by atoms with Gasteiger partial charge in [0.15, 0.2) is 35.7 Å². The van der Waals surface area contributed by atoms with E-state index >= 15 is 4.39 Å². The molecule has 0 bridgehead atoms. The maximum Gasteiger partial charge on any atom is 0.472 e. The van der Waals surface area contributed by atoms with Crippen LogP contribution in [0.4, 0.5) is 15.9 Å². The number of hydrogen-bond donors (Lipinski definition) is 3. The molecule has 0 spiro atoms. The number of methoxy groups -OCH3 is 1. The quantitative estimate of drug-likeness (QED) is 0.164. The Bertz CT molecular complexity index is 2300. The summed E-state index contributed by atoms with van der Waals surface area (Å²) < 4.78 is 100.0. The molecule has 5 N–H and O–H groups in total. The van der Waals surface area contributed by atoms with Crippen LogP contribution in [0, 0.1) is 0 Å². The summed E-state index contributed by atoms with van der Waals surface area (Å²) in [5.41, 5.74) is 13.9. The number of benzene rings is 1. The molecule has 20 nitrogen and oxygen atoms in total. The topological polar surface area (TPSA) is 262 Å². The molecule has 3 aliphatic rings. The molecule has 9 atom stereocenters. The molecule has 3 fully saturated rings. The zero-order chi connectivity index (χ0) is 37.1. The highest BCUT2D eigenvalue weighted by atomic mass is 32.2. The summed E-state index contributed by atoms with van der Waals surface area (Å²) in [7, 11) is -8.01. The van der Waals surface area contributed by atoms with E-state index in [1.54, 1.807) is 30.3 Å². The second-order valence-corrected chi connectivity index (χ2v) is 15.6. The molecule has 5 aromatic rings. The lowest BCUT2D eigenvalue weighted by molar-refractivity contribution is -0.0754. The summed E-state index contributed by atoms with van der Waals surface area (Å²) >= 11 is 0. The first-order chi connectivity index (χ1) is 25.4. The van der Waals surface area contributed by atoms with Crippen LogP contribution < -0.4 is 16.2 Å². The third kappa shape index (κ3) is 6.81. The Balaban J connectivity index is 1.11. The van der Waals surface area contributed by atoms with Crippen molar-refractivity contribution in [1.29, 1.82) is 0 Å². The summed E-state index contributed by atoms with van der Waals surface area (Å²) in [5, 5.41) is 0. The predicted molar refractivity (Wildman–Crippen MR) is 180 cm³/mol. The van der Waals surface area contributed by atoms with Gasteiger partial charge in [-0.2, -0.15) is 8.42 Å². The van der Waals surface area contributed by atoms with Crippen molar-refractivity contribution in [2.75, 3.05) is 30.9 Å². The molecule has 282 valence electrons. The molecule has 8 rings (SSSR count). The first-order valence-corrected chi connectivity index (χ1v) is 19.2. The van der Waals surface area contributed by atoms with Crippen LogP contribution in [0.1, 0.15) is 24.4 Å². The van der Waals surface area contributed by atoms with Gasteiger partial charge in [-0.1, -0.05) is 12.1 Å². The lowest BCUT2D eigenvalue weighted by Gasteiger charge is -2.27. The molecule has 0 radical (unpaired) electrons. The minimum Gasteiger partial charge on any atom is -0.497 e. The van der Waals surface area contributed by atoms with Gasteiger partial charge in [-0.25, -0.2) is 33.9 Å². The zero-order valence-electron chi connectivity index (χ0n) is 27.7. The summed E-state index contributed by atoms with van der Waals surface area (Å²) in [6.45, 7) is -0.780. The molecule has 1 aromatic carbocycles. The fourth-order valence-electron chi connectivity index (χ4n) is 6.58. The van der Waals surface area contributed by atoms with E-state index in [2.05, 4.69) is 24.9 Å². The second-order valence-electron chi connectivity index (χ2n) is 12.5. The Labute approximate surface area is 299 Å². The smallest absolute Gasteiger partial charge is 0.472 e. The molecular formula is C30H33FN9O11PS. The minimum atomic E-state index is -5.08. The van der Waals surface area contributed by atoms with Gasteiger partial charge in [0.1, 0.15) is 47.5 Å². The standard InChI is InChI=1S/C30H33FN9O11PS/c1-45-16-4-2-15(3-5-16)10-46-25-24-19(49-30(25)40-13-37-21-17(32)6-8-34-27(21)40)11-47-52(41,42)50-23-18(7-9-53(43,44)51-24)48-29(20(23)31)39-14-38-22-26(33)35-12-36-28(22)39/h2-6,8,12-14,18-20,23-25,29-30H,7,9-11H2,1H3,(H2,32,34)(H,41,42)(H2,33,35,36)/t18-,19-,20-,23-,24-,25-,29-,30-/m1/s1. The molecule has 3 aliphatic heterocycles. The lowest BCUT2D eigenvalue weighted by Crippen LogP contribution is -2.41. The number of aromatic nitrogens is 7. The average Bonchev–Trinajstić information content (AvgIpc) is 3.90. The van der Waals surface area contributed by atoms with Crippen molar-refractivity contribution < 1.29 is 54.4 Å². The number of pyridine rings is 1. The Morgan fingerprint density at radius 2 is 1.68 bits per heavy atom. The van der Waals surface area contributed by atoms with Crippen LogP contribution in [-0.2, 0) is 48.7 Å². The molecule has 23 heteroatoms. The van der Waals surface area contributed by atoms with Crippen LogP contribution in [0.15, 0.2) is 55.5 Å². The Morgan fingerprint density at radius 1 is 0.962 bits per heavy atom. The molecule has 0 amide bonds. The third-order valence-electron chi connectivity index (χ3n) is 9.15. The molecule has 53 heavy (non-hydrogen) atoms. The fraction of sp³-hybridized carbons (Fsp3) is 0.433. The average molecular weight is 778 g/mol. The van der Waals surface area contributed by atoms with Crippen molar-refractivity contribution in [3.63, 3.8) is 0 Å². The number of anilines is 2. The first-order valence-electron chi connectivity index (χ1n) is 16.2. The van der Waals surface area contributed by atoms with Crippen molar-refractivity contribution in [3.05, 3.63) is 61.1 Å². The highest BCUT2D eigenvalue weighted by Crippen LogP contribution is 2.51. The SMILES string of the molecule is COc1ccc(CO[C@@H]2[C@@H]3OS(=O)(=O)CC[C@H]4O[C@@H](n5cnc6c(N)ncnc65)[C@H](F)[C@@H]4OP(=O)(O)OC[C@H]3O[C@H]2n2cnc3c(N)ccnc32)cc1. The third-order valence-corrected chi connectivity index (χ3v) is 11.4. The van der Waals surface area contributed by atoms with Gasteiger partial charge in [0, 0.05) is 6.20 Å². The van der Waals surface area contributed by atoms with E-state index in [1.807, 2.05) is 0 Å². The van der Waals surface area contributed by atoms with Crippen LogP contribution in [-0.4, -0.2) is 104 Å². The summed E-state index contributed by atoms with van der Waals surface area (Å²) in [6.07, 6.45) is -7.05. The van der Waals surface area contributed by atoms with Gasteiger partial charge >= 0.3 is 7.82 Å². The number of nitrogens with two attached hydrogens (primary N) is 2. The summed E-state index contributed by atoms with van der Waals surface area (Å²) in [4.78, 5) is 31.7. The highest BCUT2D eigenvalue weighted by molar-refractivity contribution is 7.86. The number of halogens is 1. The molecule has 7 heterocycles. The minimum absolute atomic E-state index is 0.0318. The number of alkyl halides is 1. The van der Waals surface area contributed by atoms with Gasteiger partial charge in [0.2, 0.25) is 0 Å². The lowest BCUT2D eigenvalue weighted by atomic mass is 10.1. The number of phosphoric ester groups is 1. The van der Waals surface area contributed by atoms with Gasteiger partial charge < -0.3 is 35.3 Å². The summed E-state index contributed by atoms with van der Waals surface area (Å²) in [6, 6.07) is 8.54. The predicted octanol–water partition coefficient (Wildman–Crippen LogP) is 1.78. The van der Waals surface area contributed by atoms with Crippen LogP contribution >= 0.6 is 7.82 Å². The van der Waals surface area contributed by atoms with Crippen LogP contribution in [0.5, 0.6) is 5.75 Å². The van der Waals surface area contributed by atoms with Gasteiger partial charge in [-0.15, -0.1) is 0 Å². The van der Waals surface area contributed by atoms with Crippen molar-refractivity contribution in [2.24, 2.45) is 0 Å². The Hall–Kier alpha value is -4.38. The summed E-state index contributed by atoms with van der Waals surface area (Å²) in [5.74, 6) is -0.0651. The molecule has 4 aromatic heterocycles. The number of nitrogens with zero attached hydrogens (tertiary/aromatic N) is 7. The van der Waals surface area contributed by atoms with E-state index in [9.17, 15) is 17.9 Å². The van der Waals surface area contributed by atoms with E-state index in [4.69, 9.17) is 43.6 Å². The zero-order valence-corrected chi connectivity index (χ0v) is 29.4. The molecule has 0 saturated carbocycles. The Morgan fingerprint density at radius 3 is 2.45 bits per heavy atom. The largest absolute Gasteiger partial charge is 0.497 e. The van der Waals surface area contributed by atoms with E-state index in [1.165, 1.54) is 35.1 Å². The monoisotopic (exact) mass is 777 g/mol. The van der Waals surface area contributed by atoms with E-state index < -0.39 is 85.9 Å². The highest BCUT2D eigenvalue weighted by Gasteiger charge is 2.54. The van der Waals surface area contributed by atoms with Crippen molar-refractivity contribution >= 4 is 51.8 Å². The van der Waals surface area contributed by atoms with Crippen molar-refractivity contribution in [2.45, 2.75) is 62.2 Å². The number of rotatable bonds is 6. The van der Waals surface area contributed by atoms with E-state index in [0.29, 0.717) is 28.2 Å². The number of phosphoric acid groups is 1. The van der Waals surface area contributed by atoms with Gasteiger partial charge in [0.05, 0.1) is 50.5 Å². The second kappa shape index (κ2) is 13.8. The number of ether oxygens (including phenoxy) is 4.